The first-order valence-corrected chi connectivity index (χ1v) is 5.00. The van der Waals surface area contributed by atoms with Crippen LogP contribution < -0.4 is 29.6 Å². The number of hydrogen-bond donors (Lipinski definition) is 1. The molecule has 0 bridgehead atoms. The second-order valence-corrected chi connectivity index (χ2v) is 4.34. The van der Waals surface area contributed by atoms with E-state index in [1.807, 2.05) is 45.2 Å². The van der Waals surface area contributed by atoms with Gasteiger partial charge in [0.15, 0.2) is 0 Å². The van der Waals surface area contributed by atoms with E-state index >= 15 is 0 Å². The number of rotatable bonds is 1. The molecule has 0 aliphatic rings. The summed E-state index contributed by atoms with van der Waals surface area (Å²) in [6, 6.07) is 2.66. The van der Waals surface area contributed by atoms with Crippen LogP contribution in [0.5, 0.6) is 5.75 Å². The molecule has 13 heavy (non-hydrogen) atoms. The Kier molecular flexibility index (Phi) is 6.07. The largest absolute Gasteiger partial charge is 1.00 e. The number of nitro benzene ring substituents is 1. The molecule has 0 amide bonds. The number of nitro groups is 1. The van der Waals surface area contributed by atoms with Crippen LogP contribution in [-0.2, 0) is 0 Å². The minimum Gasteiger partial charge on any atom is -0.506 e. The maximum absolute atomic E-state index is 10.3. The number of non-ortho nitro benzene ring substituents is 1. The molecule has 0 radical (unpaired) electrons. The zero-order valence-corrected chi connectivity index (χ0v) is 12.9. The van der Waals surface area contributed by atoms with Crippen LogP contribution >= 0.6 is 45.2 Å². The molecular formula is C6H3I2NNaO3+. The predicted octanol–water partition coefficient (Wildman–Crippen LogP) is -0.486. The molecule has 0 saturated carbocycles. The normalized spacial score (nSPS) is 9.08. The summed E-state index contributed by atoms with van der Waals surface area (Å²) < 4.78 is 0.984. The van der Waals surface area contributed by atoms with Crippen LogP contribution in [0.4, 0.5) is 5.69 Å². The van der Waals surface area contributed by atoms with Gasteiger partial charge in [0.05, 0.1) is 12.1 Å². The number of hydrogen-bond acceptors (Lipinski definition) is 3. The third-order valence-electron chi connectivity index (χ3n) is 1.21. The van der Waals surface area contributed by atoms with Crippen LogP contribution in [0.3, 0.4) is 0 Å². The summed E-state index contributed by atoms with van der Waals surface area (Å²) in [5, 5.41) is 19.6. The quantitative estimate of drug-likeness (QED) is 0.292. The Morgan fingerprint density at radius 2 is 1.69 bits per heavy atom. The number of phenolic OH excluding ortho intramolecular Hbond substituents is 1. The van der Waals surface area contributed by atoms with Crippen LogP contribution in [-0.4, -0.2) is 10.0 Å². The molecule has 4 nitrogen and oxygen atoms in total. The van der Waals surface area contributed by atoms with Crippen molar-refractivity contribution in [1.82, 2.24) is 0 Å². The Balaban J connectivity index is 0.00000144. The fourth-order valence-electron chi connectivity index (χ4n) is 0.658. The van der Waals surface area contributed by atoms with E-state index in [0.29, 0.717) is 7.14 Å². The van der Waals surface area contributed by atoms with Crippen LogP contribution in [0, 0.1) is 17.3 Å². The van der Waals surface area contributed by atoms with Crippen molar-refractivity contribution in [2.75, 3.05) is 0 Å². The van der Waals surface area contributed by atoms with Crippen LogP contribution in [0.2, 0.25) is 0 Å². The Labute approximate surface area is 124 Å². The number of aromatic hydroxyl groups is 1. The van der Waals surface area contributed by atoms with Gasteiger partial charge in [0.25, 0.3) is 5.69 Å². The number of halogens is 2. The van der Waals surface area contributed by atoms with Gasteiger partial charge >= 0.3 is 29.6 Å². The summed E-state index contributed by atoms with van der Waals surface area (Å²) in [5.41, 5.74) is 0.00148. The van der Waals surface area contributed by atoms with E-state index in [2.05, 4.69) is 0 Å². The van der Waals surface area contributed by atoms with E-state index in [0.717, 1.165) is 0 Å². The maximum Gasteiger partial charge on any atom is 1.00 e. The molecule has 1 N–H and O–H groups in total. The number of benzene rings is 1. The molecule has 0 heterocycles. The molecule has 0 spiro atoms. The molecule has 0 saturated heterocycles. The molecule has 7 heteroatoms. The molecule has 1 aromatic rings. The van der Waals surface area contributed by atoms with Crippen molar-refractivity contribution < 1.29 is 39.6 Å². The van der Waals surface area contributed by atoms with Crippen molar-refractivity contribution in [2.24, 2.45) is 0 Å². The Hall–Kier alpha value is 0.880. The summed E-state index contributed by atoms with van der Waals surface area (Å²) in [7, 11) is 0. The van der Waals surface area contributed by atoms with Crippen LogP contribution in [0.15, 0.2) is 12.1 Å². The van der Waals surface area contributed by atoms with Gasteiger partial charge in [-0.1, -0.05) is 0 Å². The average Bonchev–Trinajstić information content (AvgIpc) is 1.99. The SMILES string of the molecule is O=[N+]([O-])c1cc(I)c(O)c(I)c1.[Na+]. The molecule has 1 rings (SSSR count). The predicted molar refractivity (Wildman–Crippen MR) is 60.2 cm³/mol. The van der Waals surface area contributed by atoms with E-state index < -0.39 is 4.92 Å². The smallest absolute Gasteiger partial charge is 0.506 e. The topological polar surface area (TPSA) is 63.4 Å². The monoisotopic (exact) mass is 414 g/mol. The van der Waals surface area contributed by atoms with Crippen molar-refractivity contribution in [3.63, 3.8) is 0 Å². The third kappa shape index (κ3) is 3.50. The van der Waals surface area contributed by atoms with Gasteiger partial charge in [-0.25, -0.2) is 0 Å². The standard InChI is InChI=1S/C6H3I2NO3.Na/c7-4-1-3(9(11)12)2-5(8)6(4)10;/h1-2,10H;/q;+1. The first-order chi connectivity index (χ1) is 5.52. The second kappa shape index (κ2) is 5.69. The Bertz CT molecular complexity index is 322. The van der Waals surface area contributed by atoms with E-state index in [1.165, 1.54) is 12.1 Å². The second-order valence-electron chi connectivity index (χ2n) is 2.02. The van der Waals surface area contributed by atoms with Gasteiger partial charge in [0.2, 0.25) is 0 Å². The van der Waals surface area contributed by atoms with Crippen molar-refractivity contribution in [2.45, 2.75) is 0 Å². The maximum atomic E-state index is 10.3. The fraction of sp³-hybridized carbons (Fsp3) is 0. The van der Waals surface area contributed by atoms with Crippen LogP contribution in [0.25, 0.3) is 0 Å². The van der Waals surface area contributed by atoms with E-state index in [9.17, 15) is 15.2 Å². The van der Waals surface area contributed by atoms with E-state index in [-0.39, 0.29) is 41.0 Å². The average molecular weight is 414 g/mol. The third-order valence-corrected chi connectivity index (χ3v) is 2.86. The summed E-state index contributed by atoms with van der Waals surface area (Å²) in [4.78, 5) is 9.85. The van der Waals surface area contributed by atoms with Crippen molar-refractivity contribution in [3.05, 3.63) is 29.4 Å². The van der Waals surface area contributed by atoms with Gasteiger partial charge in [-0.15, -0.1) is 0 Å². The van der Waals surface area contributed by atoms with Crippen molar-refractivity contribution in [1.29, 1.82) is 0 Å². The van der Waals surface area contributed by atoms with Gasteiger partial charge in [-0.05, 0) is 45.2 Å². The summed E-state index contributed by atoms with van der Waals surface area (Å²) in [6.45, 7) is 0. The molecule has 0 aliphatic heterocycles. The van der Waals surface area contributed by atoms with Crippen molar-refractivity contribution >= 4 is 50.9 Å². The minimum absolute atomic E-state index is 0. The summed E-state index contributed by atoms with van der Waals surface area (Å²) >= 11 is 3.70. The molecular weight excluding hydrogens is 411 g/mol. The molecule has 64 valence electrons. The zero-order valence-electron chi connectivity index (χ0n) is 6.62. The van der Waals surface area contributed by atoms with E-state index in [4.69, 9.17) is 0 Å². The van der Waals surface area contributed by atoms with Gasteiger partial charge in [0, 0.05) is 12.1 Å². The Morgan fingerprint density at radius 3 is 2.00 bits per heavy atom. The number of phenols is 1. The number of nitrogens with zero attached hydrogens (tertiary/aromatic N) is 1. The molecule has 0 aromatic heterocycles. The molecule has 0 fully saturated rings. The first-order valence-electron chi connectivity index (χ1n) is 2.85. The van der Waals surface area contributed by atoms with Crippen LogP contribution in [0.1, 0.15) is 0 Å². The van der Waals surface area contributed by atoms with Gasteiger partial charge in [-0.2, -0.15) is 0 Å². The van der Waals surface area contributed by atoms with Gasteiger partial charge in [0.1, 0.15) is 5.75 Å². The zero-order chi connectivity index (χ0) is 9.30. The van der Waals surface area contributed by atoms with Crippen molar-refractivity contribution in [3.8, 4) is 5.75 Å². The minimum atomic E-state index is -0.482. The molecule has 1 aromatic carbocycles. The first kappa shape index (κ1) is 13.9. The Morgan fingerprint density at radius 1 is 1.31 bits per heavy atom. The molecule has 0 atom stereocenters. The molecule has 0 aliphatic carbocycles. The van der Waals surface area contributed by atoms with Gasteiger partial charge in [-0.3, -0.25) is 10.1 Å². The van der Waals surface area contributed by atoms with Gasteiger partial charge < -0.3 is 5.11 Å². The summed E-state index contributed by atoms with van der Waals surface area (Å²) in [5.74, 6) is 0.0989. The summed E-state index contributed by atoms with van der Waals surface area (Å²) in [6.07, 6.45) is 0. The fourth-order valence-corrected chi connectivity index (χ4v) is 2.39. The molecule has 0 unspecified atom stereocenters. The van der Waals surface area contributed by atoms with E-state index in [1.54, 1.807) is 0 Å².